The number of hydrogen-bond acceptors (Lipinski definition) is 12. The summed E-state index contributed by atoms with van der Waals surface area (Å²) in [6.07, 6.45) is -3.97. The van der Waals surface area contributed by atoms with Gasteiger partial charge in [-0.15, -0.1) is 5.10 Å². The molecule has 1 aliphatic heterocycles. The van der Waals surface area contributed by atoms with Gasteiger partial charge in [0.2, 0.25) is 0 Å². The van der Waals surface area contributed by atoms with Crippen molar-refractivity contribution >= 4 is 23.9 Å². The fraction of sp³-hybridized carbons (Fsp3) is 0.703. The highest BCUT2D eigenvalue weighted by atomic mass is 16.7. The maximum Gasteiger partial charge on any atom is 0.306 e. The van der Waals surface area contributed by atoms with Gasteiger partial charge in [0.05, 0.1) is 11.9 Å². The highest BCUT2D eigenvalue weighted by Crippen LogP contribution is 2.35. The molecule has 9 atom stereocenters. The summed E-state index contributed by atoms with van der Waals surface area (Å²) >= 11 is 0. The van der Waals surface area contributed by atoms with Gasteiger partial charge >= 0.3 is 23.9 Å². The summed E-state index contributed by atoms with van der Waals surface area (Å²) in [6, 6.07) is 5.18. The van der Waals surface area contributed by atoms with Gasteiger partial charge in [0.25, 0.3) is 0 Å². The minimum atomic E-state index is -1.67. The van der Waals surface area contributed by atoms with Crippen LogP contribution in [0.1, 0.15) is 142 Å². The molecule has 0 spiro atoms. The summed E-state index contributed by atoms with van der Waals surface area (Å²) in [4.78, 5) is 57.8. The Hall–Kier alpha value is -3.87. The smallest absolute Gasteiger partial charge is 0.306 e. The first-order valence-corrected chi connectivity index (χ1v) is 17.9. The van der Waals surface area contributed by atoms with Crippen molar-refractivity contribution in [1.82, 2.24) is 20.0 Å². The van der Waals surface area contributed by atoms with Crippen molar-refractivity contribution < 1.29 is 48.3 Å². The molecule has 5 unspecified atom stereocenters. The van der Waals surface area contributed by atoms with Crippen molar-refractivity contribution in [2.24, 2.45) is 0 Å². The second-order valence-corrected chi connectivity index (χ2v) is 12.1. The van der Waals surface area contributed by atoms with Gasteiger partial charge in [0.1, 0.15) is 18.4 Å². The van der Waals surface area contributed by atoms with E-state index in [1.54, 1.807) is 24.4 Å². The average Bonchev–Trinajstić information content (AvgIpc) is 3.68. The number of carbonyl (C=O) groups excluding carboxylic acids is 4. The van der Waals surface area contributed by atoms with Crippen LogP contribution in [-0.2, 0) is 42.9 Å². The fourth-order valence-electron chi connectivity index (χ4n) is 5.14. The molecule has 1 fully saturated rings. The first-order valence-electron chi connectivity index (χ1n) is 20.2. The third kappa shape index (κ3) is 13.4. The molecule has 3 heterocycles. The molecule has 0 aliphatic carbocycles. The number of rotatable bonds is 23. The second-order valence-electron chi connectivity index (χ2n) is 12.1. The van der Waals surface area contributed by atoms with Gasteiger partial charge in [0, 0.05) is 37.3 Å². The van der Waals surface area contributed by atoms with Gasteiger partial charge in [-0.3, -0.25) is 24.2 Å². The van der Waals surface area contributed by atoms with E-state index in [0.717, 1.165) is 12.8 Å². The SMILES string of the molecule is [2H]C(CCCC)C(=O)OC[C@H]1OC(n2cc(-c3ccccn3)nn2)[C@H](OC(=O)C([2H])CCCC)[C@@H](OC(=O)C([2H])CCCC)[C@@H]1OC(=O)C([2H])CCCC. The summed E-state index contributed by atoms with van der Waals surface area (Å²) in [5.41, 5.74) is 0.761. The Morgan fingerprint density at radius 2 is 1.22 bits per heavy atom. The molecule has 50 heavy (non-hydrogen) atoms. The third-order valence-electron chi connectivity index (χ3n) is 7.93. The number of aromatic nitrogens is 4. The lowest BCUT2D eigenvalue weighted by Crippen LogP contribution is -2.61. The Kier molecular flexibility index (Phi) is 15.7. The number of hydrogen-bond donors (Lipinski definition) is 0. The van der Waals surface area contributed by atoms with Gasteiger partial charge in [-0.2, -0.15) is 0 Å². The van der Waals surface area contributed by atoms with Crippen LogP contribution in [0.2, 0.25) is 0 Å². The summed E-state index contributed by atoms with van der Waals surface area (Å²) in [5, 5.41) is 8.41. The lowest BCUT2D eigenvalue weighted by atomic mass is 9.96. The Morgan fingerprint density at radius 1 is 0.700 bits per heavy atom. The summed E-state index contributed by atoms with van der Waals surface area (Å²) in [5.74, 6) is -3.79. The van der Waals surface area contributed by atoms with Gasteiger partial charge in [0.15, 0.2) is 24.5 Å². The van der Waals surface area contributed by atoms with Crippen LogP contribution in [0.25, 0.3) is 11.4 Å². The van der Waals surface area contributed by atoms with E-state index in [1.165, 1.54) is 10.9 Å². The topological polar surface area (TPSA) is 158 Å². The van der Waals surface area contributed by atoms with Crippen LogP contribution in [0.15, 0.2) is 30.6 Å². The van der Waals surface area contributed by atoms with Gasteiger partial charge in [-0.25, -0.2) is 4.68 Å². The molecule has 3 rings (SSSR count). The minimum absolute atomic E-state index is 0.161. The Balaban J connectivity index is 2.15. The largest absolute Gasteiger partial charge is 0.463 e. The molecule has 2 aromatic rings. The van der Waals surface area contributed by atoms with Crippen LogP contribution in [0.3, 0.4) is 0 Å². The van der Waals surface area contributed by atoms with Crippen LogP contribution in [0.5, 0.6) is 0 Å². The van der Waals surface area contributed by atoms with E-state index in [-0.39, 0.29) is 25.7 Å². The lowest BCUT2D eigenvalue weighted by molar-refractivity contribution is -0.272. The van der Waals surface area contributed by atoms with E-state index >= 15 is 0 Å². The first kappa shape index (κ1) is 34.6. The fourth-order valence-corrected chi connectivity index (χ4v) is 5.14. The maximum absolute atomic E-state index is 13.6. The van der Waals surface area contributed by atoms with E-state index in [4.69, 9.17) is 29.2 Å². The second kappa shape index (κ2) is 22.8. The van der Waals surface area contributed by atoms with Crippen molar-refractivity contribution in [3.05, 3.63) is 30.6 Å². The number of pyridine rings is 1. The highest BCUT2D eigenvalue weighted by Gasteiger charge is 2.53. The van der Waals surface area contributed by atoms with Crippen molar-refractivity contribution in [3.63, 3.8) is 0 Å². The zero-order valence-electron chi connectivity index (χ0n) is 33.7. The Labute approximate surface area is 301 Å². The zero-order valence-corrected chi connectivity index (χ0v) is 29.7. The molecular weight excluding hydrogens is 644 g/mol. The summed E-state index contributed by atoms with van der Waals surface area (Å²) in [6.45, 7) is 7.07. The Morgan fingerprint density at radius 3 is 1.74 bits per heavy atom. The molecule has 0 amide bonds. The molecule has 13 nitrogen and oxygen atoms in total. The van der Waals surface area contributed by atoms with Gasteiger partial charge < -0.3 is 23.7 Å². The Bertz CT molecular complexity index is 1460. The molecule has 0 radical (unpaired) electrons. The maximum atomic E-state index is 13.6. The molecular formula is C37H56N4O9. The standard InChI is InChI=1S/C37H56N4O9/c1-5-9-13-20-30(42)46-26-29-34(48-31(43)21-14-10-6-2)35(49-32(44)22-15-11-7-3)36(50-33(45)23-16-12-8-4)37(47-29)41-25-28(39-40-41)27-19-17-18-24-38-27/h17-19,24-25,29,34-37H,5-16,20-23,26H2,1-4H3/t29-,34-,35+,36-,37?/m1/s1/i20D,21D,22D,23D/t20?,21?,22?,23?,29-,34-,35+,36-,37?. The summed E-state index contributed by atoms with van der Waals surface area (Å²) in [7, 11) is 0. The van der Waals surface area contributed by atoms with Crippen molar-refractivity contribution in [2.75, 3.05) is 6.61 Å². The minimum Gasteiger partial charge on any atom is -0.463 e. The zero-order chi connectivity index (χ0) is 39.6. The average molecular weight is 705 g/mol. The van der Waals surface area contributed by atoms with Crippen LogP contribution >= 0.6 is 0 Å². The van der Waals surface area contributed by atoms with Crippen LogP contribution in [0.4, 0.5) is 0 Å². The number of esters is 4. The van der Waals surface area contributed by atoms with Gasteiger partial charge in [-0.1, -0.05) is 90.3 Å². The van der Waals surface area contributed by atoms with E-state index in [9.17, 15) is 19.2 Å². The molecule has 278 valence electrons. The quantitative estimate of drug-likeness (QED) is 0.0878. The number of nitrogens with zero attached hydrogens (tertiary/aromatic N) is 4. The molecule has 0 bridgehead atoms. The van der Waals surface area contributed by atoms with E-state index < -0.39 is 86.7 Å². The molecule has 0 N–H and O–H groups in total. The number of ether oxygens (including phenoxy) is 5. The van der Waals surface area contributed by atoms with E-state index in [0.29, 0.717) is 49.9 Å². The third-order valence-corrected chi connectivity index (χ3v) is 7.93. The summed E-state index contributed by atoms with van der Waals surface area (Å²) < 4.78 is 64.6. The van der Waals surface area contributed by atoms with E-state index in [2.05, 4.69) is 15.3 Å². The molecule has 2 aromatic heterocycles. The molecule has 0 aromatic carbocycles. The van der Waals surface area contributed by atoms with Crippen LogP contribution in [-0.4, -0.2) is 74.9 Å². The van der Waals surface area contributed by atoms with Crippen molar-refractivity contribution in [2.45, 2.75) is 161 Å². The van der Waals surface area contributed by atoms with Crippen LogP contribution in [0, 0.1) is 0 Å². The normalized spacial score (nSPS) is 23.9. The monoisotopic (exact) mass is 704 g/mol. The lowest BCUT2D eigenvalue weighted by Gasteiger charge is -2.44. The number of unbranched alkanes of at least 4 members (excludes halogenated alkanes) is 4. The van der Waals surface area contributed by atoms with Crippen molar-refractivity contribution in [1.29, 1.82) is 0 Å². The molecule has 1 saturated heterocycles. The van der Waals surface area contributed by atoms with Crippen LogP contribution < -0.4 is 0 Å². The predicted octanol–water partition coefficient (Wildman–Crippen LogP) is 6.84. The van der Waals surface area contributed by atoms with Gasteiger partial charge in [-0.05, 0) is 37.8 Å². The highest BCUT2D eigenvalue weighted by molar-refractivity contribution is 5.72. The molecule has 0 saturated carbocycles. The van der Waals surface area contributed by atoms with Crippen molar-refractivity contribution in [3.8, 4) is 11.4 Å². The number of carbonyl (C=O) groups is 4. The molecule has 1 aliphatic rings. The predicted molar refractivity (Wildman–Crippen MR) is 184 cm³/mol. The first-order chi connectivity index (χ1) is 25.9. The van der Waals surface area contributed by atoms with E-state index in [1.807, 2.05) is 27.7 Å². The molecule has 13 heteroatoms.